The summed E-state index contributed by atoms with van der Waals surface area (Å²) in [6.07, 6.45) is -0.0601. The van der Waals surface area contributed by atoms with Gasteiger partial charge in [0, 0.05) is 12.0 Å². The van der Waals surface area contributed by atoms with Crippen molar-refractivity contribution in [2.45, 2.75) is 51.3 Å². The van der Waals surface area contributed by atoms with Gasteiger partial charge in [-0.05, 0) is 39.8 Å². The van der Waals surface area contributed by atoms with Crippen LogP contribution in [-0.4, -0.2) is 36.1 Å². The quantitative estimate of drug-likeness (QED) is 0.801. The first-order chi connectivity index (χ1) is 10.6. The highest BCUT2D eigenvalue weighted by Gasteiger charge is 2.54. The third-order valence-electron chi connectivity index (χ3n) is 4.37. The Morgan fingerprint density at radius 3 is 2.13 bits per heavy atom. The Bertz CT molecular complexity index is 573. The van der Waals surface area contributed by atoms with Crippen molar-refractivity contribution in [3.8, 4) is 0 Å². The molecule has 0 saturated carbocycles. The zero-order valence-electron chi connectivity index (χ0n) is 14.0. The molecule has 7 heteroatoms. The minimum absolute atomic E-state index is 0.0601. The Kier molecular flexibility index (Phi) is 4.82. The Labute approximate surface area is 136 Å². The van der Waals surface area contributed by atoms with Crippen LogP contribution in [0.15, 0.2) is 30.3 Å². The van der Waals surface area contributed by atoms with E-state index in [4.69, 9.17) is 15.0 Å². The molecule has 124 valence electrons. The van der Waals surface area contributed by atoms with E-state index < -0.39 is 30.2 Å². The van der Waals surface area contributed by atoms with Crippen LogP contribution in [0, 0.1) is 0 Å². The normalized spacial score (nSPS) is 20.1. The van der Waals surface area contributed by atoms with E-state index in [1.54, 1.807) is 24.3 Å². The van der Waals surface area contributed by atoms with Crippen LogP contribution in [0.3, 0.4) is 0 Å². The first-order valence-corrected chi connectivity index (χ1v) is 7.62. The summed E-state index contributed by atoms with van der Waals surface area (Å²) < 4.78 is 11.8. The summed E-state index contributed by atoms with van der Waals surface area (Å²) in [4.78, 5) is 23.7. The van der Waals surface area contributed by atoms with E-state index in [0.717, 1.165) is 0 Å². The third kappa shape index (κ3) is 3.92. The highest BCUT2D eigenvalue weighted by atomic mass is 16.7. The fourth-order valence-electron chi connectivity index (χ4n) is 2.33. The van der Waals surface area contributed by atoms with Crippen molar-refractivity contribution >= 4 is 18.9 Å². The number of carbonyl (C=O) groups is 2. The Hall–Kier alpha value is -1.86. The predicted molar refractivity (Wildman–Crippen MR) is 87.6 cm³/mol. The molecular formula is C16H23BN2O4. The molecule has 6 nitrogen and oxygen atoms in total. The van der Waals surface area contributed by atoms with Crippen LogP contribution in [0.4, 0.5) is 0 Å². The molecule has 1 aromatic rings. The van der Waals surface area contributed by atoms with Gasteiger partial charge >= 0.3 is 7.12 Å². The lowest BCUT2D eigenvalue weighted by molar-refractivity contribution is -0.118. The van der Waals surface area contributed by atoms with E-state index >= 15 is 0 Å². The van der Waals surface area contributed by atoms with E-state index in [1.165, 1.54) is 0 Å². The molecule has 3 N–H and O–H groups in total. The maximum absolute atomic E-state index is 12.3. The van der Waals surface area contributed by atoms with E-state index in [-0.39, 0.29) is 12.3 Å². The van der Waals surface area contributed by atoms with Crippen molar-refractivity contribution in [3.63, 3.8) is 0 Å². The predicted octanol–water partition coefficient (Wildman–Crippen LogP) is 1.29. The SMILES string of the molecule is CC1(C)OB([C@H](CC(N)=O)NC(=O)c2ccccc2)OC1(C)C. The van der Waals surface area contributed by atoms with Crippen LogP contribution in [0.2, 0.25) is 0 Å². The second-order valence-electron chi connectivity index (χ2n) is 6.74. The molecule has 1 aliphatic heterocycles. The van der Waals surface area contributed by atoms with Crippen LogP contribution in [-0.2, 0) is 14.1 Å². The van der Waals surface area contributed by atoms with Gasteiger partial charge in [-0.2, -0.15) is 0 Å². The number of rotatable bonds is 5. The first-order valence-electron chi connectivity index (χ1n) is 7.62. The molecule has 23 heavy (non-hydrogen) atoms. The number of amides is 2. The van der Waals surface area contributed by atoms with Crippen molar-refractivity contribution in [1.29, 1.82) is 0 Å². The number of nitrogens with two attached hydrogens (primary N) is 1. The molecule has 1 heterocycles. The van der Waals surface area contributed by atoms with Gasteiger partial charge < -0.3 is 20.4 Å². The molecule has 1 fully saturated rings. The van der Waals surface area contributed by atoms with E-state index in [2.05, 4.69) is 5.32 Å². The van der Waals surface area contributed by atoms with Gasteiger partial charge in [0.15, 0.2) is 0 Å². The Balaban J connectivity index is 2.15. The maximum Gasteiger partial charge on any atom is 0.482 e. The zero-order chi connectivity index (χ0) is 17.3. The van der Waals surface area contributed by atoms with Crippen molar-refractivity contribution in [2.24, 2.45) is 5.73 Å². The van der Waals surface area contributed by atoms with Crippen LogP contribution >= 0.6 is 0 Å². The fourth-order valence-corrected chi connectivity index (χ4v) is 2.33. The van der Waals surface area contributed by atoms with Gasteiger partial charge in [-0.25, -0.2) is 0 Å². The summed E-state index contributed by atoms with van der Waals surface area (Å²) in [5.74, 6) is -1.48. The maximum atomic E-state index is 12.3. The molecule has 1 aromatic carbocycles. The number of hydrogen-bond acceptors (Lipinski definition) is 4. The standard InChI is InChI=1S/C16H23BN2O4/c1-15(2)16(3,4)23-17(22-15)12(10-13(18)20)19-14(21)11-8-6-5-7-9-11/h5-9,12H,10H2,1-4H3,(H2,18,20)(H,19,21)/t12-/m0/s1. The number of benzene rings is 1. The van der Waals surface area contributed by atoms with Gasteiger partial charge in [0.1, 0.15) is 0 Å². The summed E-state index contributed by atoms with van der Waals surface area (Å²) >= 11 is 0. The van der Waals surface area contributed by atoms with Gasteiger partial charge in [0.2, 0.25) is 5.91 Å². The van der Waals surface area contributed by atoms with Gasteiger partial charge in [0.05, 0.1) is 17.1 Å². The minimum atomic E-state index is -0.736. The monoisotopic (exact) mass is 318 g/mol. The minimum Gasteiger partial charge on any atom is -0.402 e. The highest BCUT2D eigenvalue weighted by Crippen LogP contribution is 2.37. The van der Waals surface area contributed by atoms with E-state index in [9.17, 15) is 9.59 Å². The van der Waals surface area contributed by atoms with Gasteiger partial charge in [-0.1, -0.05) is 18.2 Å². The fraction of sp³-hybridized carbons (Fsp3) is 0.500. The average molecular weight is 318 g/mol. The smallest absolute Gasteiger partial charge is 0.402 e. The molecule has 1 aliphatic rings. The third-order valence-corrected chi connectivity index (χ3v) is 4.37. The molecule has 0 unspecified atom stereocenters. The number of hydrogen-bond donors (Lipinski definition) is 2. The van der Waals surface area contributed by atoms with Crippen LogP contribution < -0.4 is 11.1 Å². The number of carbonyl (C=O) groups excluding carboxylic acids is 2. The lowest BCUT2D eigenvalue weighted by Crippen LogP contribution is -2.50. The first kappa shape index (κ1) is 17.5. The summed E-state index contributed by atoms with van der Waals surface area (Å²) in [5, 5.41) is 2.79. The van der Waals surface area contributed by atoms with Gasteiger partial charge in [0.25, 0.3) is 5.91 Å². The van der Waals surface area contributed by atoms with Crippen LogP contribution in [0.5, 0.6) is 0 Å². The summed E-state index contributed by atoms with van der Waals surface area (Å²) in [7, 11) is -0.736. The van der Waals surface area contributed by atoms with Gasteiger partial charge in [-0.15, -0.1) is 0 Å². The Morgan fingerprint density at radius 1 is 1.13 bits per heavy atom. The van der Waals surface area contributed by atoms with Crippen molar-refractivity contribution in [2.75, 3.05) is 0 Å². The number of primary amides is 1. The highest BCUT2D eigenvalue weighted by molar-refractivity contribution is 6.48. The van der Waals surface area contributed by atoms with Crippen molar-refractivity contribution in [3.05, 3.63) is 35.9 Å². The topological polar surface area (TPSA) is 90.6 Å². The summed E-state index contributed by atoms with van der Waals surface area (Å²) in [6, 6.07) is 8.76. The second-order valence-corrected chi connectivity index (χ2v) is 6.74. The van der Waals surface area contributed by atoms with E-state index in [1.807, 2.05) is 33.8 Å². The molecule has 2 rings (SSSR count). The molecule has 1 saturated heterocycles. The average Bonchev–Trinajstić information content (AvgIpc) is 2.67. The molecular weight excluding hydrogens is 295 g/mol. The van der Waals surface area contributed by atoms with E-state index in [0.29, 0.717) is 5.56 Å². The molecule has 1 atom stereocenters. The molecule has 0 bridgehead atoms. The molecule has 0 radical (unpaired) electrons. The van der Waals surface area contributed by atoms with Crippen molar-refractivity contribution in [1.82, 2.24) is 5.32 Å². The largest absolute Gasteiger partial charge is 0.482 e. The van der Waals surface area contributed by atoms with Crippen molar-refractivity contribution < 1.29 is 18.9 Å². The molecule has 0 aromatic heterocycles. The zero-order valence-corrected chi connectivity index (χ0v) is 14.0. The second kappa shape index (κ2) is 6.33. The van der Waals surface area contributed by atoms with Gasteiger partial charge in [-0.3, -0.25) is 9.59 Å². The Morgan fingerprint density at radius 2 is 1.65 bits per heavy atom. The summed E-state index contributed by atoms with van der Waals surface area (Å²) in [5.41, 5.74) is 4.71. The van der Waals surface area contributed by atoms with Crippen LogP contribution in [0.1, 0.15) is 44.5 Å². The molecule has 0 aliphatic carbocycles. The summed E-state index contributed by atoms with van der Waals surface area (Å²) in [6.45, 7) is 7.64. The molecule has 2 amide bonds. The molecule has 0 spiro atoms. The lowest BCUT2D eigenvalue weighted by atomic mass is 9.76. The lowest BCUT2D eigenvalue weighted by Gasteiger charge is -2.32. The number of nitrogens with one attached hydrogen (secondary N) is 1. The van der Waals surface area contributed by atoms with Crippen LogP contribution in [0.25, 0.3) is 0 Å².